The van der Waals surface area contributed by atoms with E-state index in [-0.39, 0.29) is 42.0 Å². The zero-order chi connectivity index (χ0) is 20.4. The highest BCUT2D eigenvalue weighted by Crippen LogP contribution is 2.30. The van der Waals surface area contributed by atoms with Crippen LogP contribution in [0.3, 0.4) is 0 Å². The van der Waals surface area contributed by atoms with Crippen LogP contribution in [0.5, 0.6) is 0 Å². The lowest BCUT2D eigenvalue weighted by Gasteiger charge is -2.22. The molecule has 0 atom stereocenters. The molecule has 0 spiro atoms. The molecule has 0 radical (unpaired) electrons. The molecule has 0 fully saturated rings. The SMILES string of the molecule is CN=C(NCc1cn(C)nc1C(F)(F)F)N(C)Cc1cn(C)nc1C(C)C.I. The van der Waals surface area contributed by atoms with Gasteiger partial charge in [0.2, 0.25) is 0 Å². The lowest BCUT2D eigenvalue weighted by Crippen LogP contribution is -2.38. The van der Waals surface area contributed by atoms with Gasteiger partial charge >= 0.3 is 6.18 Å². The van der Waals surface area contributed by atoms with Crippen LogP contribution in [0.1, 0.15) is 42.3 Å². The number of aliphatic imine (C=N–C) groups is 1. The van der Waals surface area contributed by atoms with Gasteiger partial charge < -0.3 is 10.2 Å². The minimum Gasteiger partial charge on any atom is -0.352 e. The fourth-order valence-corrected chi connectivity index (χ4v) is 2.96. The predicted molar refractivity (Wildman–Crippen MR) is 113 cm³/mol. The van der Waals surface area contributed by atoms with Crippen molar-refractivity contribution in [3.8, 4) is 0 Å². The fourth-order valence-electron chi connectivity index (χ4n) is 2.96. The monoisotopic (exact) mass is 513 g/mol. The fraction of sp³-hybridized carbons (Fsp3) is 0.588. The van der Waals surface area contributed by atoms with E-state index in [9.17, 15) is 13.2 Å². The molecule has 2 heterocycles. The van der Waals surface area contributed by atoms with E-state index >= 15 is 0 Å². The number of aromatic nitrogens is 4. The summed E-state index contributed by atoms with van der Waals surface area (Å²) < 4.78 is 42.2. The molecule has 0 saturated carbocycles. The van der Waals surface area contributed by atoms with Crippen molar-refractivity contribution in [1.29, 1.82) is 0 Å². The lowest BCUT2D eigenvalue weighted by molar-refractivity contribution is -0.142. The summed E-state index contributed by atoms with van der Waals surface area (Å²) in [7, 11) is 6.76. The molecule has 0 saturated heterocycles. The molecule has 2 rings (SSSR count). The number of guanidine groups is 1. The molecule has 7 nitrogen and oxygen atoms in total. The molecule has 1 N–H and O–H groups in total. The Hall–Kier alpha value is -1.79. The van der Waals surface area contributed by atoms with Crippen molar-refractivity contribution in [2.75, 3.05) is 14.1 Å². The largest absolute Gasteiger partial charge is 0.435 e. The Morgan fingerprint density at radius 3 is 2.29 bits per heavy atom. The summed E-state index contributed by atoms with van der Waals surface area (Å²) in [6, 6.07) is 0. The van der Waals surface area contributed by atoms with E-state index < -0.39 is 11.9 Å². The second kappa shape index (κ2) is 9.61. The van der Waals surface area contributed by atoms with Gasteiger partial charge in [-0.3, -0.25) is 14.4 Å². The van der Waals surface area contributed by atoms with Gasteiger partial charge in [-0.25, -0.2) is 0 Å². The minimum atomic E-state index is -4.49. The van der Waals surface area contributed by atoms with Crippen LogP contribution in [0.2, 0.25) is 0 Å². The number of halogens is 4. The molecule has 2 aromatic heterocycles. The first kappa shape index (κ1) is 24.2. The van der Waals surface area contributed by atoms with E-state index in [1.54, 1.807) is 11.7 Å². The molecule has 0 aliphatic rings. The summed E-state index contributed by atoms with van der Waals surface area (Å²) in [6.07, 6.45) is -1.18. The van der Waals surface area contributed by atoms with Crippen LogP contribution in [0, 0.1) is 0 Å². The van der Waals surface area contributed by atoms with Gasteiger partial charge in [-0.1, -0.05) is 13.8 Å². The highest BCUT2D eigenvalue weighted by Gasteiger charge is 2.36. The average Bonchev–Trinajstić information content (AvgIpc) is 3.10. The van der Waals surface area contributed by atoms with Crippen molar-refractivity contribution in [1.82, 2.24) is 29.8 Å². The van der Waals surface area contributed by atoms with Crippen molar-refractivity contribution < 1.29 is 13.2 Å². The average molecular weight is 513 g/mol. The van der Waals surface area contributed by atoms with Gasteiger partial charge in [0.15, 0.2) is 11.7 Å². The maximum atomic E-state index is 13.1. The smallest absolute Gasteiger partial charge is 0.352 e. The molecule has 0 unspecified atom stereocenters. The van der Waals surface area contributed by atoms with Gasteiger partial charge in [-0.15, -0.1) is 24.0 Å². The predicted octanol–water partition coefficient (Wildman–Crippen LogP) is 3.12. The molecule has 2 aromatic rings. The van der Waals surface area contributed by atoms with Crippen LogP contribution in [-0.2, 0) is 33.4 Å². The number of aryl methyl sites for hydroxylation is 2. The molecule has 0 amide bonds. The van der Waals surface area contributed by atoms with Crippen molar-refractivity contribution in [2.45, 2.75) is 39.0 Å². The van der Waals surface area contributed by atoms with E-state index in [0.717, 1.165) is 15.9 Å². The minimum absolute atomic E-state index is 0. The Morgan fingerprint density at radius 2 is 1.75 bits per heavy atom. The van der Waals surface area contributed by atoms with Gasteiger partial charge in [0, 0.05) is 64.8 Å². The zero-order valence-corrected chi connectivity index (χ0v) is 19.2. The quantitative estimate of drug-likeness (QED) is 0.379. The summed E-state index contributed by atoms with van der Waals surface area (Å²) in [5.74, 6) is 0.764. The third kappa shape index (κ3) is 5.85. The highest BCUT2D eigenvalue weighted by molar-refractivity contribution is 14.0. The van der Waals surface area contributed by atoms with Crippen LogP contribution < -0.4 is 5.32 Å². The highest BCUT2D eigenvalue weighted by atomic mass is 127. The topological polar surface area (TPSA) is 63.3 Å². The molecule has 0 bridgehead atoms. The molecule has 11 heteroatoms. The zero-order valence-electron chi connectivity index (χ0n) is 16.9. The first-order valence-electron chi connectivity index (χ1n) is 8.56. The molecule has 0 aromatic carbocycles. The standard InChI is InChI=1S/C17H26F3N7.HI/c1-11(2)14-13(10-26(5)23-14)8-25(4)16(21-3)22-7-12-9-27(6)24-15(12)17(18,19)20;/h9-11H,7-8H2,1-6H3,(H,21,22);1H. The van der Waals surface area contributed by atoms with Gasteiger partial charge in [-0.2, -0.15) is 23.4 Å². The van der Waals surface area contributed by atoms with Crippen LogP contribution >= 0.6 is 24.0 Å². The number of hydrogen-bond donors (Lipinski definition) is 1. The first-order valence-corrected chi connectivity index (χ1v) is 8.56. The van der Waals surface area contributed by atoms with E-state index in [1.807, 2.05) is 25.2 Å². The van der Waals surface area contributed by atoms with Crippen molar-refractivity contribution in [3.05, 3.63) is 34.9 Å². The molecule has 0 aliphatic carbocycles. The van der Waals surface area contributed by atoms with Gasteiger partial charge in [0.05, 0.1) is 5.69 Å². The third-order valence-corrected chi connectivity index (χ3v) is 4.07. The number of alkyl halides is 3. The van der Waals surface area contributed by atoms with Crippen molar-refractivity contribution >= 4 is 29.9 Å². The second-order valence-electron chi connectivity index (χ2n) is 6.80. The molecule has 158 valence electrons. The molecule has 0 aliphatic heterocycles. The van der Waals surface area contributed by atoms with Gasteiger partial charge in [0.25, 0.3) is 0 Å². The lowest BCUT2D eigenvalue weighted by atomic mass is 10.1. The van der Waals surface area contributed by atoms with Crippen LogP contribution in [-0.4, -0.2) is 44.5 Å². The molecule has 28 heavy (non-hydrogen) atoms. The van der Waals surface area contributed by atoms with E-state index in [0.29, 0.717) is 12.5 Å². The van der Waals surface area contributed by atoms with E-state index in [2.05, 4.69) is 34.4 Å². The second-order valence-corrected chi connectivity index (χ2v) is 6.80. The Labute approximate surface area is 180 Å². The third-order valence-electron chi connectivity index (χ3n) is 4.07. The Morgan fingerprint density at radius 1 is 1.18 bits per heavy atom. The normalized spacial score (nSPS) is 12.3. The van der Waals surface area contributed by atoms with Crippen molar-refractivity contribution in [2.24, 2.45) is 19.1 Å². The van der Waals surface area contributed by atoms with E-state index in [1.165, 1.54) is 13.2 Å². The molecular formula is C17H27F3IN7. The van der Waals surface area contributed by atoms with Gasteiger partial charge in [0.1, 0.15) is 0 Å². The first-order chi connectivity index (χ1) is 12.5. The number of nitrogens with one attached hydrogen (secondary N) is 1. The van der Waals surface area contributed by atoms with Gasteiger partial charge in [-0.05, 0) is 5.92 Å². The Balaban J connectivity index is 0.00000392. The number of nitrogens with zero attached hydrogens (tertiary/aromatic N) is 6. The van der Waals surface area contributed by atoms with Crippen LogP contribution in [0.15, 0.2) is 17.4 Å². The summed E-state index contributed by atoms with van der Waals surface area (Å²) in [5, 5.41) is 11.0. The summed E-state index contributed by atoms with van der Waals surface area (Å²) >= 11 is 0. The number of hydrogen-bond acceptors (Lipinski definition) is 3. The molecular weight excluding hydrogens is 486 g/mol. The maximum Gasteiger partial charge on any atom is 0.435 e. The van der Waals surface area contributed by atoms with Crippen molar-refractivity contribution in [3.63, 3.8) is 0 Å². The maximum absolute atomic E-state index is 13.1. The van der Waals surface area contributed by atoms with E-state index in [4.69, 9.17) is 0 Å². The Bertz CT molecular complexity index is 808. The van der Waals surface area contributed by atoms with Crippen LogP contribution in [0.25, 0.3) is 0 Å². The number of rotatable bonds is 5. The summed E-state index contributed by atoms with van der Waals surface area (Å²) in [5.41, 5.74) is 1.23. The Kier molecular flexibility index (Phi) is 8.32. The van der Waals surface area contributed by atoms with Crippen LogP contribution in [0.4, 0.5) is 13.2 Å². The summed E-state index contributed by atoms with van der Waals surface area (Å²) in [6.45, 7) is 4.66. The summed E-state index contributed by atoms with van der Waals surface area (Å²) in [4.78, 5) is 6.03.